The van der Waals surface area contributed by atoms with Crippen molar-refractivity contribution in [2.45, 2.75) is 25.3 Å². The molecule has 13 heavy (non-hydrogen) atoms. The molecule has 0 spiro atoms. The van der Waals surface area contributed by atoms with Gasteiger partial charge in [-0.2, -0.15) is 0 Å². The number of carbonyl (C=O) groups is 1. The second kappa shape index (κ2) is 2.69. The first-order chi connectivity index (χ1) is 6.04. The number of amides is 1. The van der Waals surface area contributed by atoms with Crippen LogP contribution in [-0.4, -0.2) is 31.2 Å². The summed E-state index contributed by atoms with van der Waals surface area (Å²) in [6.07, 6.45) is 1.65. The molecule has 3 N–H and O–H groups in total. The highest BCUT2D eigenvalue weighted by atomic mass is 16.5. The zero-order valence-electron chi connectivity index (χ0n) is 7.93. The highest BCUT2D eigenvalue weighted by Gasteiger charge is 2.46. The molecule has 4 nitrogen and oxygen atoms in total. The van der Waals surface area contributed by atoms with Crippen LogP contribution in [0.4, 0.5) is 0 Å². The molecule has 2 aliphatic rings. The van der Waals surface area contributed by atoms with Gasteiger partial charge in [0.25, 0.3) is 0 Å². The van der Waals surface area contributed by atoms with Crippen molar-refractivity contribution in [3.63, 3.8) is 0 Å². The monoisotopic (exact) mass is 184 g/mol. The summed E-state index contributed by atoms with van der Waals surface area (Å²) in [4.78, 5) is 11.4. The molecule has 0 aromatic heterocycles. The maximum Gasteiger partial charge on any atom is 0.240 e. The first kappa shape index (κ1) is 8.97. The van der Waals surface area contributed by atoms with Crippen molar-refractivity contribution in [2.24, 2.45) is 11.1 Å². The number of nitrogens with two attached hydrogens (primary N) is 1. The normalized spacial score (nSPS) is 27.5. The van der Waals surface area contributed by atoms with Gasteiger partial charge < -0.3 is 15.8 Å². The summed E-state index contributed by atoms with van der Waals surface area (Å²) in [5.41, 5.74) is 5.33. The second-order valence-corrected chi connectivity index (χ2v) is 4.64. The van der Waals surface area contributed by atoms with Crippen LogP contribution >= 0.6 is 0 Å². The molecule has 0 atom stereocenters. The first-order valence-electron chi connectivity index (χ1n) is 4.69. The van der Waals surface area contributed by atoms with Gasteiger partial charge in [-0.25, -0.2) is 0 Å². The van der Waals surface area contributed by atoms with Gasteiger partial charge >= 0.3 is 0 Å². The molecule has 0 bridgehead atoms. The molecule has 0 aromatic rings. The fraction of sp³-hybridized carbons (Fsp3) is 0.889. The molecule has 0 radical (unpaired) electrons. The van der Waals surface area contributed by atoms with Gasteiger partial charge in [0, 0.05) is 12.0 Å². The molecule has 4 heteroatoms. The van der Waals surface area contributed by atoms with Crippen LogP contribution in [0.3, 0.4) is 0 Å². The molecular weight excluding hydrogens is 168 g/mol. The van der Waals surface area contributed by atoms with E-state index in [0.29, 0.717) is 6.54 Å². The molecule has 0 unspecified atom stereocenters. The molecule has 1 saturated heterocycles. The minimum absolute atomic E-state index is 0.000579. The molecule has 74 valence electrons. The van der Waals surface area contributed by atoms with Crippen LogP contribution in [0.2, 0.25) is 0 Å². The zero-order chi connectivity index (χ0) is 9.53. The predicted molar refractivity (Wildman–Crippen MR) is 48.1 cm³/mol. The Kier molecular flexibility index (Phi) is 1.85. The maximum atomic E-state index is 11.4. The van der Waals surface area contributed by atoms with Crippen LogP contribution in [0.25, 0.3) is 0 Å². The highest BCUT2D eigenvalue weighted by molar-refractivity contribution is 5.88. The molecule has 0 aromatic carbocycles. The van der Waals surface area contributed by atoms with Gasteiger partial charge in [0.1, 0.15) is 0 Å². The van der Waals surface area contributed by atoms with Crippen LogP contribution < -0.4 is 11.1 Å². The maximum absolute atomic E-state index is 11.4. The number of carbonyl (C=O) groups excluding carboxylic acids is 1. The van der Waals surface area contributed by atoms with E-state index >= 15 is 0 Å². The second-order valence-electron chi connectivity index (χ2n) is 4.64. The van der Waals surface area contributed by atoms with Gasteiger partial charge in [-0.3, -0.25) is 4.79 Å². The third-order valence-electron chi connectivity index (χ3n) is 2.82. The summed E-state index contributed by atoms with van der Waals surface area (Å²) in [7, 11) is 0. The highest BCUT2D eigenvalue weighted by Crippen LogP contribution is 2.32. The third kappa shape index (κ3) is 1.69. The minimum atomic E-state index is -0.541. The Bertz CT molecular complexity index is 232. The molecule has 1 aliphatic carbocycles. The average Bonchev–Trinajstić information content (AvgIpc) is 2.77. The van der Waals surface area contributed by atoms with Gasteiger partial charge in [0.2, 0.25) is 5.91 Å². The van der Waals surface area contributed by atoms with E-state index < -0.39 is 5.54 Å². The predicted octanol–water partition coefficient (Wildman–Crippen LogP) is -0.370. The van der Waals surface area contributed by atoms with Gasteiger partial charge in [-0.05, 0) is 12.8 Å². The Morgan fingerprint density at radius 1 is 1.54 bits per heavy atom. The van der Waals surface area contributed by atoms with E-state index in [-0.39, 0.29) is 11.3 Å². The summed E-state index contributed by atoms with van der Waals surface area (Å²) in [6.45, 7) is 4.27. The number of rotatable bonds is 3. The minimum Gasteiger partial charge on any atom is -0.380 e. The Morgan fingerprint density at radius 3 is 2.54 bits per heavy atom. The quantitative estimate of drug-likeness (QED) is 0.629. The van der Waals surface area contributed by atoms with Crippen LogP contribution in [0.1, 0.15) is 19.8 Å². The van der Waals surface area contributed by atoms with Crippen molar-refractivity contribution < 1.29 is 9.53 Å². The number of ether oxygens (including phenoxy) is 1. The lowest BCUT2D eigenvalue weighted by Crippen LogP contribution is -2.52. The Labute approximate surface area is 77.8 Å². The fourth-order valence-electron chi connectivity index (χ4n) is 1.38. The van der Waals surface area contributed by atoms with Gasteiger partial charge in [0.05, 0.1) is 18.8 Å². The summed E-state index contributed by atoms with van der Waals surface area (Å²) in [5, 5.41) is 2.88. The Balaban J connectivity index is 1.76. The van der Waals surface area contributed by atoms with E-state index in [4.69, 9.17) is 10.5 Å². The van der Waals surface area contributed by atoms with Gasteiger partial charge in [0.15, 0.2) is 0 Å². The van der Waals surface area contributed by atoms with Crippen LogP contribution in [0.15, 0.2) is 0 Å². The van der Waals surface area contributed by atoms with E-state index in [0.717, 1.165) is 26.1 Å². The Hall–Kier alpha value is -0.610. The number of nitrogens with one attached hydrogen (secondary N) is 1. The molecule has 2 rings (SSSR count). The molecule has 1 aliphatic heterocycles. The lowest BCUT2D eigenvalue weighted by molar-refractivity contribution is -0.128. The van der Waals surface area contributed by atoms with Crippen molar-refractivity contribution in [1.29, 1.82) is 0 Å². The van der Waals surface area contributed by atoms with Crippen molar-refractivity contribution in [2.75, 3.05) is 19.8 Å². The van der Waals surface area contributed by atoms with Crippen molar-refractivity contribution in [1.82, 2.24) is 5.32 Å². The molecular formula is C9H16N2O2. The largest absolute Gasteiger partial charge is 0.380 e. The molecule has 2 fully saturated rings. The third-order valence-corrected chi connectivity index (χ3v) is 2.82. The van der Waals surface area contributed by atoms with E-state index in [9.17, 15) is 4.79 Å². The summed E-state index contributed by atoms with van der Waals surface area (Å²) >= 11 is 0. The van der Waals surface area contributed by atoms with E-state index in [1.807, 2.05) is 0 Å². The fourth-order valence-corrected chi connectivity index (χ4v) is 1.38. The molecule has 1 heterocycles. The molecule has 1 saturated carbocycles. The summed E-state index contributed by atoms with van der Waals surface area (Å²) < 4.78 is 5.09. The Morgan fingerprint density at radius 2 is 2.15 bits per heavy atom. The summed E-state index contributed by atoms with van der Waals surface area (Å²) in [6, 6.07) is 0. The van der Waals surface area contributed by atoms with E-state index in [1.165, 1.54) is 0 Å². The zero-order valence-corrected chi connectivity index (χ0v) is 7.93. The lowest BCUT2D eigenvalue weighted by Gasteiger charge is -2.38. The smallest absolute Gasteiger partial charge is 0.240 e. The lowest BCUT2D eigenvalue weighted by atomic mass is 9.88. The standard InChI is InChI=1S/C9H16N2O2/c1-8(5-13-6-8)4-11-7(12)9(10)2-3-9/h2-6,10H2,1H3,(H,11,12). The topological polar surface area (TPSA) is 64.4 Å². The molecule has 1 amide bonds. The number of hydrogen-bond donors (Lipinski definition) is 2. The average molecular weight is 184 g/mol. The van der Waals surface area contributed by atoms with Crippen LogP contribution in [-0.2, 0) is 9.53 Å². The van der Waals surface area contributed by atoms with Crippen LogP contribution in [0, 0.1) is 5.41 Å². The summed E-state index contributed by atoms with van der Waals surface area (Å²) in [5.74, 6) is 0.000579. The van der Waals surface area contributed by atoms with Crippen molar-refractivity contribution in [3.8, 4) is 0 Å². The first-order valence-corrected chi connectivity index (χ1v) is 4.69. The number of hydrogen-bond acceptors (Lipinski definition) is 3. The van der Waals surface area contributed by atoms with E-state index in [2.05, 4.69) is 12.2 Å². The van der Waals surface area contributed by atoms with E-state index in [1.54, 1.807) is 0 Å². The van der Waals surface area contributed by atoms with Crippen LogP contribution in [0.5, 0.6) is 0 Å². The van der Waals surface area contributed by atoms with Gasteiger partial charge in [-0.15, -0.1) is 0 Å². The SMILES string of the molecule is CC1(CNC(=O)C2(N)CC2)COC1. The van der Waals surface area contributed by atoms with Crippen molar-refractivity contribution in [3.05, 3.63) is 0 Å². The van der Waals surface area contributed by atoms with Crippen molar-refractivity contribution >= 4 is 5.91 Å². The van der Waals surface area contributed by atoms with Gasteiger partial charge in [-0.1, -0.05) is 6.92 Å².